The van der Waals surface area contributed by atoms with E-state index in [0.29, 0.717) is 44.0 Å². The van der Waals surface area contributed by atoms with E-state index < -0.39 is 0 Å². The van der Waals surface area contributed by atoms with Crippen molar-refractivity contribution in [1.29, 1.82) is 0 Å². The molecule has 1 N–H and O–H groups in total. The maximum Gasteiger partial charge on any atom is 0.409 e. The van der Waals surface area contributed by atoms with Gasteiger partial charge < -0.3 is 14.5 Å². The van der Waals surface area contributed by atoms with Crippen LogP contribution in [0.5, 0.6) is 0 Å². The molecule has 0 aromatic carbocycles. The van der Waals surface area contributed by atoms with Crippen molar-refractivity contribution in [2.45, 2.75) is 31.8 Å². The Balaban J connectivity index is 2.00. The first kappa shape index (κ1) is 17.7. The summed E-state index contributed by atoms with van der Waals surface area (Å²) in [6.07, 6.45) is -0.282. The standard InChI is InChI=1S/C15H24N4O3S/c1-4-22-15(21)19-7-5-18(6-8-19)14-16-12(9-13(20)17-14)10-23-11(2)3/h9,11H,4-8,10H2,1-3H3,(H,16,17,20). The zero-order chi connectivity index (χ0) is 16.8. The topological polar surface area (TPSA) is 78.5 Å². The van der Waals surface area contributed by atoms with Gasteiger partial charge in [-0.25, -0.2) is 9.78 Å². The van der Waals surface area contributed by atoms with Gasteiger partial charge in [0.25, 0.3) is 5.56 Å². The Bertz CT molecular complexity index is 582. The maximum absolute atomic E-state index is 11.8. The molecule has 7 nitrogen and oxygen atoms in total. The number of H-pyrrole nitrogens is 1. The fourth-order valence-electron chi connectivity index (χ4n) is 2.29. The molecule has 1 fully saturated rings. The highest BCUT2D eigenvalue weighted by Gasteiger charge is 2.23. The first-order valence-corrected chi connectivity index (χ1v) is 8.93. The summed E-state index contributed by atoms with van der Waals surface area (Å²) < 4.78 is 5.01. The fraction of sp³-hybridized carbons (Fsp3) is 0.667. The third-order valence-corrected chi connectivity index (χ3v) is 4.58. The summed E-state index contributed by atoms with van der Waals surface area (Å²) in [4.78, 5) is 34.6. The van der Waals surface area contributed by atoms with Crippen LogP contribution in [-0.2, 0) is 10.5 Å². The van der Waals surface area contributed by atoms with Crippen LogP contribution in [0.25, 0.3) is 0 Å². The van der Waals surface area contributed by atoms with Gasteiger partial charge in [-0.15, -0.1) is 0 Å². The van der Waals surface area contributed by atoms with Crippen LogP contribution in [0.3, 0.4) is 0 Å². The lowest BCUT2D eigenvalue weighted by Crippen LogP contribution is -2.49. The lowest BCUT2D eigenvalue weighted by Gasteiger charge is -2.34. The van der Waals surface area contributed by atoms with Crippen LogP contribution < -0.4 is 10.5 Å². The number of thioether (sulfide) groups is 1. The first-order chi connectivity index (χ1) is 11.0. The monoisotopic (exact) mass is 340 g/mol. The summed E-state index contributed by atoms with van der Waals surface area (Å²) in [5, 5.41) is 0.493. The Hall–Kier alpha value is -1.70. The van der Waals surface area contributed by atoms with Crippen molar-refractivity contribution in [2.75, 3.05) is 37.7 Å². The molecule has 0 bridgehead atoms. The van der Waals surface area contributed by atoms with Crippen LogP contribution in [0.15, 0.2) is 10.9 Å². The lowest BCUT2D eigenvalue weighted by atomic mass is 10.3. The minimum atomic E-state index is -0.282. The van der Waals surface area contributed by atoms with Crippen LogP contribution in [0.4, 0.5) is 10.7 Å². The van der Waals surface area contributed by atoms with Gasteiger partial charge in [0.15, 0.2) is 0 Å². The molecule has 23 heavy (non-hydrogen) atoms. The molecule has 0 unspecified atom stereocenters. The number of carbonyl (C=O) groups is 1. The average Bonchev–Trinajstić information content (AvgIpc) is 2.53. The Morgan fingerprint density at radius 2 is 2.09 bits per heavy atom. The number of hydrogen-bond donors (Lipinski definition) is 1. The van der Waals surface area contributed by atoms with Crippen molar-refractivity contribution in [2.24, 2.45) is 0 Å². The number of rotatable bonds is 5. The van der Waals surface area contributed by atoms with E-state index >= 15 is 0 Å². The summed E-state index contributed by atoms with van der Waals surface area (Å²) >= 11 is 1.75. The minimum absolute atomic E-state index is 0.137. The van der Waals surface area contributed by atoms with E-state index in [0.717, 1.165) is 11.4 Å². The third kappa shape index (κ3) is 5.16. The second kappa shape index (κ2) is 8.24. The largest absolute Gasteiger partial charge is 0.450 e. The second-order valence-electron chi connectivity index (χ2n) is 5.59. The average molecular weight is 340 g/mol. The van der Waals surface area contributed by atoms with Gasteiger partial charge in [-0.3, -0.25) is 9.78 Å². The van der Waals surface area contributed by atoms with E-state index in [1.165, 1.54) is 0 Å². The van der Waals surface area contributed by atoms with Crippen molar-refractivity contribution in [3.63, 3.8) is 0 Å². The SMILES string of the molecule is CCOC(=O)N1CCN(c2nc(CSC(C)C)cc(=O)[nH]2)CC1. The highest BCUT2D eigenvalue weighted by atomic mass is 32.2. The van der Waals surface area contributed by atoms with Gasteiger partial charge in [0.05, 0.1) is 12.3 Å². The molecule has 0 aliphatic carbocycles. The molecule has 8 heteroatoms. The number of hydrogen-bond acceptors (Lipinski definition) is 6. The number of aromatic amines is 1. The normalized spacial score (nSPS) is 15.1. The molecular weight excluding hydrogens is 316 g/mol. The molecule has 0 radical (unpaired) electrons. The van der Waals surface area contributed by atoms with E-state index in [1.807, 2.05) is 4.90 Å². The highest BCUT2D eigenvalue weighted by molar-refractivity contribution is 7.99. The van der Waals surface area contributed by atoms with Crippen LogP contribution in [0.2, 0.25) is 0 Å². The van der Waals surface area contributed by atoms with Crippen molar-refractivity contribution < 1.29 is 9.53 Å². The predicted molar refractivity (Wildman–Crippen MR) is 92.1 cm³/mol. The van der Waals surface area contributed by atoms with Crippen LogP contribution in [0, 0.1) is 0 Å². The van der Waals surface area contributed by atoms with Crippen LogP contribution >= 0.6 is 11.8 Å². The van der Waals surface area contributed by atoms with Gasteiger partial charge in [0.1, 0.15) is 0 Å². The number of nitrogens with one attached hydrogen (secondary N) is 1. The summed E-state index contributed by atoms with van der Waals surface area (Å²) in [6.45, 7) is 8.79. The quantitative estimate of drug-likeness (QED) is 0.879. The van der Waals surface area contributed by atoms with Crippen molar-refractivity contribution in [3.8, 4) is 0 Å². The highest BCUT2D eigenvalue weighted by Crippen LogP contribution is 2.17. The molecule has 1 amide bonds. The van der Waals surface area contributed by atoms with Crippen molar-refractivity contribution in [3.05, 3.63) is 22.1 Å². The zero-order valence-corrected chi connectivity index (χ0v) is 14.7. The smallest absolute Gasteiger partial charge is 0.409 e. The number of piperazine rings is 1. The van der Waals surface area contributed by atoms with E-state index in [9.17, 15) is 9.59 Å². The molecule has 1 aliphatic rings. The number of anilines is 1. The van der Waals surface area contributed by atoms with Crippen LogP contribution in [0.1, 0.15) is 26.5 Å². The number of ether oxygens (including phenoxy) is 1. The van der Waals surface area contributed by atoms with E-state index in [-0.39, 0.29) is 11.7 Å². The molecule has 1 aliphatic heterocycles. The van der Waals surface area contributed by atoms with Gasteiger partial charge >= 0.3 is 6.09 Å². The molecule has 0 saturated carbocycles. The first-order valence-electron chi connectivity index (χ1n) is 7.88. The fourth-order valence-corrected chi connectivity index (χ4v) is 2.94. The summed E-state index contributed by atoms with van der Waals surface area (Å²) in [5.74, 6) is 1.30. The summed E-state index contributed by atoms with van der Waals surface area (Å²) in [6, 6.07) is 1.55. The zero-order valence-electron chi connectivity index (χ0n) is 13.9. The van der Waals surface area contributed by atoms with Gasteiger partial charge in [-0.05, 0) is 12.2 Å². The summed E-state index contributed by atoms with van der Waals surface area (Å²) in [5.41, 5.74) is 0.650. The minimum Gasteiger partial charge on any atom is -0.450 e. The Kier molecular flexibility index (Phi) is 6.32. The summed E-state index contributed by atoms with van der Waals surface area (Å²) in [7, 11) is 0. The predicted octanol–water partition coefficient (Wildman–Crippen LogP) is 1.69. The molecule has 1 aromatic rings. The Morgan fingerprint density at radius 3 is 2.70 bits per heavy atom. The molecule has 0 spiro atoms. The Morgan fingerprint density at radius 1 is 1.39 bits per heavy atom. The Labute approximate surface area is 140 Å². The van der Waals surface area contributed by atoms with Crippen LogP contribution in [-0.4, -0.2) is 59.0 Å². The lowest BCUT2D eigenvalue weighted by molar-refractivity contribution is 0.105. The molecule has 1 saturated heterocycles. The van der Waals surface area contributed by atoms with E-state index in [2.05, 4.69) is 23.8 Å². The van der Waals surface area contributed by atoms with Gasteiger partial charge in [0, 0.05) is 38.0 Å². The number of carbonyl (C=O) groups excluding carboxylic acids is 1. The number of nitrogens with zero attached hydrogens (tertiary/aromatic N) is 3. The number of aromatic nitrogens is 2. The van der Waals surface area contributed by atoms with E-state index in [1.54, 1.807) is 29.7 Å². The molecule has 1 aromatic heterocycles. The van der Waals surface area contributed by atoms with Gasteiger partial charge in [-0.2, -0.15) is 11.8 Å². The molecule has 2 rings (SSSR count). The molecule has 0 atom stereocenters. The maximum atomic E-state index is 11.8. The van der Waals surface area contributed by atoms with Gasteiger partial charge in [0.2, 0.25) is 5.95 Å². The van der Waals surface area contributed by atoms with E-state index in [4.69, 9.17) is 4.74 Å². The molecule has 2 heterocycles. The van der Waals surface area contributed by atoms with Crippen molar-refractivity contribution >= 4 is 23.8 Å². The number of amides is 1. The molecular formula is C15H24N4O3S. The van der Waals surface area contributed by atoms with Gasteiger partial charge in [-0.1, -0.05) is 13.8 Å². The van der Waals surface area contributed by atoms with Crippen molar-refractivity contribution in [1.82, 2.24) is 14.9 Å². The second-order valence-corrected chi connectivity index (χ2v) is 7.16. The molecule has 128 valence electrons. The third-order valence-electron chi connectivity index (χ3n) is 3.45.